The van der Waals surface area contributed by atoms with E-state index in [4.69, 9.17) is 4.74 Å². The Morgan fingerprint density at radius 3 is 2.96 bits per heavy atom. The summed E-state index contributed by atoms with van der Waals surface area (Å²) in [6.45, 7) is 2.34. The number of para-hydroxylation sites is 2. The zero-order valence-corrected chi connectivity index (χ0v) is 15.1. The Labute approximate surface area is 156 Å². The van der Waals surface area contributed by atoms with Gasteiger partial charge in [0.15, 0.2) is 5.75 Å². The Balaban J connectivity index is 1.78. The fourth-order valence-corrected chi connectivity index (χ4v) is 2.56. The number of carbonyl (C=O) groups excluding carboxylic acids is 1. The molecule has 2 heterocycles. The number of aryl methyl sites for hydroxylation is 1. The Hall–Kier alpha value is -3.60. The third kappa shape index (κ3) is 4.15. The Morgan fingerprint density at radius 2 is 2.22 bits per heavy atom. The summed E-state index contributed by atoms with van der Waals surface area (Å²) in [5, 5.41) is 15.8. The lowest BCUT2D eigenvalue weighted by molar-refractivity contribution is -0.140. The van der Waals surface area contributed by atoms with E-state index in [1.165, 1.54) is 7.11 Å². The molecule has 27 heavy (non-hydrogen) atoms. The van der Waals surface area contributed by atoms with Gasteiger partial charge in [0.1, 0.15) is 11.6 Å². The van der Waals surface area contributed by atoms with Gasteiger partial charge in [-0.05, 0) is 31.0 Å². The minimum absolute atomic E-state index is 0.261. The van der Waals surface area contributed by atoms with Crippen LogP contribution in [0.25, 0.3) is 5.57 Å². The number of ether oxygens (including phenoxy) is 2. The van der Waals surface area contributed by atoms with Crippen LogP contribution in [0.1, 0.15) is 24.1 Å². The van der Waals surface area contributed by atoms with Crippen molar-refractivity contribution in [3.05, 3.63) is 47.6 Å². The number of nitrogens with one attached hydrogen (secondary N) is 2. The molecule has 1 aliphatic heterocycles. The minimum Gasteiger partial charge on any atom is -0.469 e. The average molecular weight is 365 g/mol. The fraction of sp³-hybridized carbons (Fsp3) is 0.263. The molecule has 0 amide bonds. The van der Waals surface area contributed by atoms with Crippen molar-refractivity contribution >= 4 is 23.2 Å². The summed E-state index contributed by atoms with van der Waals surface area (Å²) in [7, 11) is 1.36. The molecule has 2 aromatic rings. The van der Waals surface area contributed by atoms with Gasteiger partial charge in [-0.25, -0.2) is 9.97 Å². The predicted molar refractivity (Wildman–Crippen MR) is 99.7 cm³/mol. The molecule has 2 N–H and O–H groups in total. The molecule has 0 saturated carbocycles. The molecule has 8 nitrogen and oxygen atoms in total. The summed E-state index contributed by atoms with van der Waals surface area (Å²) in [6, 6.07) is 9.61. The first kappa shape index (κ1) is 18.2. The number of fused-ring (bicyclic) bond motifs is 1. The summed E-state index contributed by atoms with van der Waals surface area (Å²) in [5.41, 5.74) is 2.33. The number of hydrogen-bond donors (Lipinski definition) is 2. The Bertz CT molecular complexity index is 906. The van der Waals surface area contributed by atoms with Crippen LogP contribution < -0.4 is 15.4 Å². The van der Waals surface area contributed by atoms with E-state index in [1.807, 2.05) is 31.2 Å². The third-order valence-electron chi connectivity index (χ3n) is 3.96. The lowest BCUT2D eigenvalue weighted by atomic mass is 10.1. The van der Waals surface area contributed by atoms with Crippen LogP contribution in [0.4, 0.5) is 11.6 Å². The second-order valence-corrected chi connectivity index (χ2v) is 5.87. The summed E-state index contributed by atoms with van der Waals surface area (Å²) in [6.07, 6.45) is 2.54. The number of aromatic nitrogens is 2. The number of carbonyl (C=O) groups is 1. The van der Waals surface area contributed by atoms with Crippen LogP contribution in [0.5, 0.6) is 5.75 Å². The van der Waals surface area contributed by atoms with Crippen LogP contribution in [0.2, 0.25) is 0 Å². The summed E-state index contributed by atoms with van der Waals surface area (Å²) < 4.78 is 10.4. The highest BCUT2D eigenvalue weighted by molar-refractivity contribution is 5.83. The quantitative estimate of drug-likeness (QED) is 0.457. The number of nitrogens with zero attached hydrogens (tertiary/aromatic N) is 3. The van der Waals surface area contributed by atoms with Crippen LogP contribution in [-0.4, -0.2) is 29.6 Å². The van der Waals surface area contributed by atoms with Gasteiger partial charge in [-0.2, -0.15) is 5.26 Å². The zero-order chi connectivity index (χ0) is 19.2. The van der Waals surface area contributed by atoms with Crippen LogP contribution in [-0.2, 0) is 9.53 Å². The highest BCUT2D eigenvalue weighted by Gasteiger charge is 2.23. The third-order valence-corrected chi connectivity index (χ3v) is 3.96. The molecule has 1 aliphatic rings. The highest BCUT2D eigenvalue weighted by Crippen LogP contribution is 2.35. The van der Waals surface area contributed by atoms with Crippen molar-refractivity contribution in [2.75, 3.05) is 24.3 Å². The second-order valence-electron chi connectivity index (χ2n) is 5.87. The van der Waals surface area contributed by atoms with E-state index in [-0.39, 0.29) is 5.97 Å². The van der Waals surface area contributed by atoms with Crippen molar-refractivity contribution in [3.63, 3.8) is 0 Å². The van der Waals surface area contributed by atoms with Crippen molar-refractivity contribution in [1.29, 1.82) is 5.26 Å². The fourth-order valence-electron chi connectivity index (χ4n) is 2.56. The Morgan fingerprint density at radius 1 is 1.41 bits per heavy atom. The summed E-state index contributed by atoms with van der Waals surface area (Å²) in [4.78, 5) is 19.8. The molecule has 0 unspecified atom stereocenters. The lowest BCUT2D eigenvalue weighted by Crippen LogP contribution is -2.11. The molecule has 0 spiro atoms. The highest BCUT2D eigenvalue weighted by atomic mass is 16.5. The van der Waals surface area contributed by atoms with E-state index < -0.39 is 0 Å². The van der Waals surface area contributed by atoms with Gasteiger partial charge in [0, 0.05) is 19.2 Å². The predicted octanol–water partition coefficient (Wildman–Crippen LogP) is 2.85. The van der Waals surface area contributed by atoms with Gasteiger partial charge in [0.25, 0.3) is 0 Å². The van der Waals surface area contributed by atoms with Crippen LogP contribution in [0.15, 0.2) is 36.3 Å². The molecular weight excluding hydrogens is 346 g/mol. The number of hydrogen-bond acceptors (Lipinski definition) is 8. The monoisotopic (exact) mass is 365 g/mol. The van der Waals surface area contributed by atoms with Crippen LogP contribution in [0, 0.1) is 18.3 Å². The van der Waals surface area contributed by atoms with E-state index in [0.717, 1.165) is 11.3 Å². The molecule has 0 aliphatic carbocycles. The molecule has 138 valence electrons. The number of esters is 1. The number of benzene rings is 1. The maximum absolute atomic E-state index is 11.1. The lowest BCUT2D eigenvalue weighted by Gasteiger charge is -2.09. The van der Waals surface area contributed by atoms with Gasteiger partial charge in [0.2, 0.25) is 11.8 Å². The van der Waals surface area contributed by atoms with E-state index >= 15 is 0 Å². The largest absolute Gasteiger partial charge is 0.469 e. The smallest absolute Gasteiger partial charge is 0.305 e. The number of anilines is 2. The van der Waals surface area contributed by atoms with E-state index in [0.29, 0.717) is 48.2 Å². The molecule has 1 aromatic heterocycles. The standard InChI is InChI=1S/C19H19N5O3/c1-12-11-22-19(21-9-5-8-16(25)26-2)24-17(12)13(10-20)18-23-14-6-3-4-7-15(14)27-18/h3-4,6-7,11,23H,5,8-9H2,1-2H3,(H,21,22,24). The first-order chi connectivity index (χ1) is 13.1. The van der Waals surface area contributed by atoms with Crippen molar-refractivity contribution in [3.8, 4) is 11.8 Å². The number of methoxy groups -OCH3 is 1. The van der Waals surface area contributed by atoms with Gasteiger partial charge in [-0.1, -0.05) is 12.1 Å². The zero-order valence-electron chi connectivity index (χ0n) is 15.1. The number of allylic oxidation sites excluding steroid dienone is 1. The molecular formula is C19H19N5O3. The summed E-state index contributed by atoms with van der Waals surface area (Å²) in [5.74, 6) is 1.12. The first-order valence-electron chi connectivity index (χ1n) is 8.45. The maximum Gasteiger partial charge on any atom is 0.305 e. The summed E-state index contributed by atoms with van der Waals surface area (Å²) >= 11 is 0. The number of rotatable bonds is 6. The average Bonchev–Trinajstić information content (AvgIpc) is 3.11. The van der Waals surface area contributed by atoms with Gasteiger partial charge in [0.05, 0.1) is 18.5 Å². The molecule has 3 rings (SSSR count). The van der Waals surface area contributed by atoms with Crippen molar-refractivity contribution in [2.45, 2.75) is 19.8 Å². The molecule has 0 atom stereocenters. The maximum atomic E-state index is 11.1. The van der Waals surface area contributed by atoms with Crippen molar-refractivity contribution < 1.29 is 14.3 Å². The first-order valence-corrected chi connectivity index (χ1v) is 8.45. The van der Waals surface area contributed by atoms with E-state index in [1.54, 1.807) is 6.20 Å². The topological polar surface area (TPSA) is 109 Å². The van der Waals surface area contributed by atoms with Gasteiger partial charge in [-0.15, -0.1) is 0 Å². The molecule has 8 heteroatoms. The van der Waals surface area contributed by atoms with Gasteiger partial charge >= 0.3 is 5.97 Å². The normalized spacial score (nSPS) is 13.7. The number of nitriles is 1. The van der Waals surface area contributed by atoms with Crippen LogP contribution >= 0.6 is 0 Å². The van der Waals surface area contributed by atoms with E-state index in [2.05, 4.69) is 31.4 Å². The molecule has 0 bridgehead atoms. The van der Waals surface area contributed by atoms with Crippen molar-refractivity contribution in [2.24, 2.45) is 0 Å². The van der Waals surface area contributed by atoms with Crippen molar-refractivity contribution in [1.82, 2.24) is 9.97 Å². The van der Waals surface area contributed by atoms with E-state index in [9.17, 15) is 10.1 Å². The van der Waals surface area contributed by atoms with Gasteiger partial charge in [-0.3, -0.25) is 4.79 Å². The molecule has 0 radical (unpaired) electrons. The Kier molecular flexibility index (Phi) is 5.52. The molecule has 1 aromatic carbocycles. The second kappa shape index (κ2) is 8.19. The molecule has 0 fully saturated rings. The molecule has 0 saturated heterocycles. The SMILES string of the molecule is COC(=O)CCCNc1ncc(C)c(C(C#N)=C2Nc3ccccc3O2)n1. The minimum atomic E-state index is -0.261. The van der Waals surface area contributed by atoms with Crippen LogP contribution in [0.3, 0.4) is 0 Å². The van der Waals surface area contributed by atoms with Gasteiger partial charge < -0.3 is 20.1 Å².